The highest BCUT2D eigenvalue weighted by molar-refractivity contribution is 5.54. The molecule has 3 heteroatoms. The van der Waals surface area contributed by atoms with Crippen molar-refractivity contribution in [2.75, 3.05) is 0 Å². The first-order valence-corrected chi connectivity index (χ1v) is 4.01. The molecule has 0 aliphatic rings. The topological polar surface area (TPSA) is 48.8 Å². The van der Waals surface area contributed by atoms with Gasteiger partial charge in [-0.15, -0.1) is 0 Å². The Morgan fingerprint density at radius 1 is 1.46 bits per heavy atom. The van der Waals surface area contributed by atoms with Crippen molar-refractivity contribution in [1.29, 1.82) is 0 Å². The molecule has 0 N–H and O–H groups in total. The summed E-state index contributed by atoms with van der Waals surface area (Å²) in [4.78, 5) is 2.73. The number of rotatable bonds is 1. The van der Waals surface area contributed by atoms with Crippen molar-refractivity contribution in [3.05, 3.63) is 40.3 Å². The molecule has 0 unspecified atom stereocenters. The fraction of sp³-hybridized carbons (Fsp3) is 0.200. The second-order valence-electron chi connectivity index (χ2n) is 2.36. The molecule has 1 aromatic carbocycles. The summed E-state index contributed by atoms with van der Waals surface area (Å²) in [5.74, 6) is 5.86. The molecule has 0 heterocycles. The Hall–Kier alpha value is -1.91. The van der Waals surface area contributed by atoms with E-state index in [2.05, 4.69) is 21.9 Å². The van der Waals surface area contributed by atoms with E-state index in [0.717, 1.165) is 12.0 Å². The molecule has 0 spiro atoms. The van der Waals surface area contributed by atoms with Crippen molar-refractivity contribution in [2.45, 2.75) is 13.3 Å². The molecule has 0 saturated carbocycles. The van der Waals surface area contributed by atoms with Crippen LogP contribution < -0.4 is 0 Å². The molecular formula is C10H9N3. The zero-order valence-electron chi connectivity index (χ0n) is 7.36. The Bertz CT molecular complexity index is 392. The second kappa shape index (κ2) is 4.87. The predicted octanol–water partition coefficient (Wildman–Crippen LogP) is 3.39. The van der Waals surface area contributed by atoms with Crippen LogP contribution in [0.4, 0.5) is 5.69 Å². The first-order valence-electron chi connectivity index (χ1n) is 4.01. The maximum absolute atomic E-state index is 8.28. The third-order valence-corrected chi connectivity index (χ3v) is 1.46. The number of hydrogen-bond donors (Lipinski definition) is 0. The first-order chi connectivity index (χ1) is 6.38. The van der Waals surface area contributed by atoms with Crippen molar-refractivity contribution in [2.24, 2.45) is 5.11 Å². The molecule has 0 aliphatic heterocycles. The molecule has 0 aliphatic carbocycles. The molecule has 3 nitrogen and oxygen atoms in total. The average molecular weight is 171 g/mol. The largest absolute Gasteiger partial charge is 0.0982 e. The summed E-state index contributed by atoms with van der Waals surface area (Å²) in [6.45, 7) is 1.98. The van der Waals surface area contributed by atoms with E-state index in [1.54, 1.807) is 6.07 Å². The molecule has 1 aromatic rings. The molecule has 0 fully saturated rings. The van der Waals surface area contributed by atoms with E-state index in [1.807, 2.05) is 25.1 Å². The first kappa shape index (κ1) is 9.18. The molecule has 0 aromatic heterocycles. The molecule has 64 valence electrons. The Morgan fingerprint density at radius 3 is 2.92 bits per heavy atom. The van der Waals surface area contributed by atoms with Gasteiger partial charge in [-0.3, -0.25) is 0 Å². The van der Waals surface area contributed by atoms with Gasteiger partial charge in [0.25, 0.3) is 0 Å². The maximum Gasteiger partial charge on any atom is 0.0531 e. The summed E-state index contributed by atoms with van der Waals surface area (Å²) < 4.78 is 0. The van der Waals surface area contributed by atoms with E-state index in [4.69, 9.17) is 5.53 Å². The van der Waals surface area contributed by atoms with E-state index in [9.17, 15) is 0 Å². The van der Waals surface area contributed by atoms with Crippen LogP contribution in [0.25, 0.3) is 10.4 Å². The van der Waals surface area contributed by atoms with Crippen LogP contribution in [0.2, 0.25) is 0 Å². The Balaban J connectivity index is 3.11. The minimum Gasteiger partial charge on any atom is -0.0982 e. The predicted molar refractivity (Wildman–Crippen MR) is 52.4 cm³/mol. The van der Waals surface area contributed by atoms with E-state index < -0.39 is 0 Å². The second-order valence-corrected chi connectivity index (χ2v) is 2.36. The summed E-state index contributed by atoms with van der Waals surface area (Å²) in [7, 11) is 0. The van der Waals surface area contributed by atoms with Crippen molar-refractivity contribution in [3.8, 4) is 11.8 Å². The van der Waals surface area contributed by atoms with Crippen LogP contribution in [0.3, 0.4) is 0 Å². The van der Waals surface area contributed by atoms with Crippen LogP contribution in [0, 0.1) is 11.8 Å². The van der Waals surface area contributed by atoms with Gasteiger partial charge in [0.1, 0.15) is 0 Å². The lowest BCUT2D eigenvalue weighted by atomic mass is 10.2. The van der Waals surface area contributed by atoms with Crippen LogP contribution >= 0.6 is 0 Å². The van der Waals surface area contributed by atoms with E-state index in [1.165, 1.54) is 0 Å². The van der Waals surface area contributed by atoms with Gasteiger partial charge in [-0.1, -0.05) is 42.1 Å². The maximum atomic E-state index is 8.28. The van der Waals surface area contributed by atoms with E-state index in [-0.39, 0.29) is 0 Å². The highest BCUT2D eigenvalue weighted by Gasteiger charge is 1.93. The lowest BCUT2D eigenvalue weighted by molar-refractivity contribution is 1.28. The van der Waals surface area contributed by atoms with Gasteiger partial charge in [0, 0.05) is 16.9 Å². The Labute approximate surface area is 77.0 Å². The van der Waals surface area contributed by atoms with Crippen molar-refractivity contribution in [1.82, 2.24) is 0 Å². The number of benzene rings is 1. The SMILES string of the molecule is CCC#Cc1ccccc1N=[N+]=[N-]. The Kier molecular flexibility index (Phi) is 3.44. The Morgan fingerprint density at radius 2 is 2.23 bits per heavy atom. The lowest BCUT2D eigenvalue weighted by Crippen LogP contribution is -1.73. The monoisotopic (exact) mass is 171 g/mol. The zero-order chi connectivity index (χ0) is 9.52. The van der Waals surface area contributed by atoms with Crippen molar-refractivity contribution >= 4 is 5.69 Å². The van der Waals surface area contributed by atoms with Crippen molar-refractivity contribution < 1.29 is 0 Å². The minimum atomic E-state index is 0.589. The molecular weight excluding hydrogens is 162 g/mol. The fourth-order valence-electron chi connectivity index (χ4n) is 0.898. The highest BCUT2D eigenvalue weighted by atomic mass is 15.1. The van der Waals surface area contributed by atoms with Crippen LogP contribution in [0.1, 0.15) is 18.9 Å². The summed E-state index contributed by atoms with van der Waals surface area (Å²) in [6, 6.07) is 7.28. The van der Waals surface area contributed by atoms with Gasteiger partial charge in [-0.25, -0.2) is 0 Å². The van der Waals surface area contributed by atoms with Gasteiger partial charge in [0.2, 0.25) is 0 Å². The quantitative estimate of drug-likeness (QED) is 0.269. The summed E-state index contributed by atoms with van der Waals surface area (Å²) in [5, 5.41) is 3.54. The van der Waals surface area contributed by atoms with Gasteiger partial charge in [0.05, 0.1) is 5.69 Å². The summed E-state index contributed by atoms with van der Waals surface area (Å²) >= 11 is 0. The van der Waals surface area contributed by atoms with Gasteiger partial charge in [0.15, 0.2) is 0 Å². The number of azide groups is 1. The van der Waals surface area contributed by atoms with Crippen LogP contribution in [0.15, 0.2) is 29.4 Å². The number of hydrogen-bond acceptors (Lipinski definition) is 1. The highest BCUT2D eigenvalue weighted by Crippen LogP contribution is 2.17. The van der Waals surface area contributed by atoms with E-state index in [0.29, 0.717) is 5.69 Å². The summed E-state index contributed by atoms with van der Waals surface area (Å²) in [5.41, 5.74) is 9.65. The molecule has 0 radical (unpaired) electrons. The van der Waals surface area contributed by atoms with Gasteiger partial charge < -0.3 is 0 Å². The standard InChI is InChI=1S/C10H9N3/c1-2-3-6-9-7-4-5-8-10(9)12-13-11/h4-5,7-8H,2H2,1H3. The van der Waals surface area contributed by atoms with Gasteiger partial charge in [-0.2, -0.15) is 0 Å². The third kappa shape index (κ3) is 2.55. The van der Waals surface area contributed by atoms with Gasteiger partial charge >= 0.3 is 0 Å². The van der Waals surface area contributed by atoms with Crippen LogP contribution in [0.5, 0.6) is 0 Å². The smallest absolute Gasteiger partial charge is 0.0531 e. The minimum absolute atomic E-state index is 0.589. The van der Waals surface area contributed by atoms with Crippen LogP contribution in [-0.2, 0) is 0 Å². The molecule has 13 heavy (non-hydrogen) atoms. The van der Waals surface area contributed by atoms with E-state index >= 15 is 0 Å². The normalized spacial score (nSPS) is 8.08. The average Bonchev–Trinajstić information content (AvgIpc) is 2.17. The molecule has 0 saturated heterocycles. The zero-order valence-corrected chi connectivity index (χ0v) is 7.36. The number of nitrogens with zero attached hydrogens (tertiary/aromatic N) is 3. The van der Waals surface area contributed by atoms with Crippen LogP contribution in [-0.4, -0.2) is 0 Å². The van der Waals surface area contributed by atoms with Crippen molar-refractivity contribution in [3.63, 3.8) is 0 Å². The summed E-state index contributed by atoms with van der Waals surface area (Å²) in [6.07, 6.45) is 0.796. The molecule has 0 amide bonds. The third-order valence-electron chi connectivity index (χ3n) is 1.46. The van der Waals surface area contributed by atoms with Gasteiger partial charge in [-0.05, 0) is 11.6 Å². The lowest BCUT2D eigenvalue weighted by Gasteiger charge is -1.94. The molecule has 0 bridgehead atoms. The molecule has 0 atom stereocenters. The molecule has 1 rings (SSSR count). The fourth-order valence-corrected chi connectivity index (χ4v) is 0.898.